The number of benzene rings is 2. The van der Waals surface area contributed by atoms with Crippen LogP contribution >= 0.6 is 0 Å². The van der Waals surface area contributed by atoms with Gasteiger partial charge in [0, 0.05) is 11.6 Å². The molecule has 7 heteroatoms. The molecular weight excluding hydrogens is 344 g/mol. The van der Waals surface area contributed by atoms with Gasteiger partial charge in [0.2, 0.25) is 5.91 Å². The fourth-order valence-corrected chi connectivity index (χ4v) is 3.03. The maximum absolute atomic E-state index is 14.0. The van der Waals surface area contributed by atoms with Crippen LogP contribution in [0.2, 0.25) is 0 Å². The highest BCUT2D eigenvalue weighted by atomic mass is 19.1. The Hall–Kier alpha value is -2.80. The third kappa shape index (κ3) is 3.57. The number of aliphatic hydroxyl groups is 1. The predicted octanol–water partition coefficient (Wildman–Crippen LogP) is 2.63. The van der Waals surface area contributed by atoms with Crippen molar-refractivity contribution in [3.63, 3.8) is 0 Å². The highest BCUT2D eigenvalue weighted by Gasteiger charge is 2.41. The normalized spacial score (nSPS) is 17.9. The zero-order valence-corrected chi connectivity index (χ0v) is 13.8. The molecule has 0 radical (unpaired) electrons. The molecule has 2 aromatic carbocycles. The quantitative estimate of drug-likeness (QED) is 0.889. The van der Waals surface area contributed by atoms with E-state index in [1.165, 1.54) is 0 Å². The van der Waals surface area contributed by atoms with Crippen molar-refractivity contribution in [1.82, 2.24) is 4.90 Å². The Morgan fingerprint density at radius 2 is 1.96 bits per heavy atom. The van der Waals surface area contributed by atoms with Crippen LogP contribution in [0, 0.1) is 11.6 Å². The van der Waals surface area contributed by atoms with Gasteiger partial charge in [-0.05, 0) is 18.1 Å². The van der Waals surface area contributed by atoms with Gasteiger partial charge in [-0.1, -0.05) is 36.4 Å². The summed E-state index contributed by atoms with van der Waals surface area (Å²) in [5.74, 6) is -3.84. The van der Waals surface area contributed by atoms with Crippen LogP contribution in [0.15, 0.2) is 48.5 Å². The van der Waals surface area contributed by atoms with Crippen molar-refractivity contribution in [2.24, 2.45) is 0 Å². The van der Waals surface area contributed by atoms with E-state index in [9.17, 15) is 23.5 Å². The summed E-state index contributed by atoms with van der Waals surface area (Å²) >= 11 is 0. The Labute approximate surface area is 148 Å². The first-order valence-corrected chi connectivity index (χ1v) is 8.11. The molecule has 1 aliphatic heterocycles. The van der Waals surface area contributed by atoms with Crippen molar-refractivity contribution in [1.29, 1.82) is 0 Å². The standard InChI is InChI=1S/C19H17F2NO4/c20-13-6-7-15(17(21)9-13)16(10-23)18(24)22-14(11-26-19(22)25)8-12-4-2-1-3-5-12/h1-7,9,14,16,23H,8,10-11H2/t14-,16-/m1/s1. The largest absolute Gasteiger partial charge is 0.447 e. The van der Waals surface area contributed by atoms with E-state index in [1.54, 1.807) is 0 Å². The molecule has 0 aromatic heterocycles. The lowest BCUT2D eigenvalue weighted by Gasteiger charge is -2.24. The summed E-state index contributed by atoms with van der Waals surface area (Å²) in [5, 5.41) is 9.61. The molecule has 3 rings (SSSR count). The number of aliphatic hydroxyl groups excluding tert-OH is 1. The molecule has 2 aromatic rings. The van der Waals surface area contributed by atoms with Crippen molar-refractivity contribution in [3.8, 4) is 0 Å². The number of nitrogens with zero attached hydrogens (tertiary/aromatic N) is 1. The molecule has 0 aliphatic carbocycles. The summed E-state index contributed by atoms with van der Waals surface area (Å²) in [6, 6.07) is 11.4. The fraction of sp³-hybridized carbons (Fsp3) is 0.263. The smallest absolute Gasteiger partial charge is 0.417 e. The molecule has 26 heavy (non-hydrogen) atoms. The fourth-order valence-electron chi connectivity index (χ4n) is 3.03. The Morgan fingerprint density at radius 3 is 2.62 bits per heavy atom. The molecule has 2 amide bonds. The summed E-state index contributed by atoms with van der Waals surface area (Å²) in [4.78, 5) is 25.8. The van der Waals surface area contributed by atoms with E-state index in [0.717, 1.165) is 22.6 Å². The van der Waals surface area contributed by atoms with E-state index in [2.05, 4.69) is 0 Å². The number of halogens is 2. The first-order valence-electron chi connectivity index (χ1n) is 8.11. The number of imide groups is 1. The number of carbonyl (C=O) groups is 2. The molecule has 136 valence electrons. The zero-order chi connectivity index (χ0) is 18.7. The third-order valence-corrected chi connectivity index (χ3v) is 4.33. The lowest BCUT2D eigenvalue weighted by atomic mass is 9.96. The maximum Gasteiger partial charge on any atom is 0.417 e. The van der Waals surface area contributed by atoms with E-state index in [-0.39, 0.29) is 12.2 Å². The molecule has 2 atom stereocenters. The summed E-state index contributed by atoms with van der Waals surface area (Å²) in [6.45, 7) is -0.702. The minimum atomic E-state index is -1.32. The number of hydrogen-bond donors (Lipinski definition) is 1. The Balaban J connectivity index is 1.86. The molecular formula is C19H17F2NO4. The summed E-state index contributed by atoms with van der Waals surface area (Å²) < 4.78 is 32.1. The molecule has 0 bridgehead atoms. The van der Waals surface area contributed by atoms with Gasteiger partial charge in [0.05, 0.1) is 18.6 Å². The summed E-state index contributed by atoms with van der Waals surface area (Å²) in [5.41, 5.74) is 0.735. The van der Waals surface area contributed by atoms with E-state index in [4.69, 9.17) is 4.74 Å². The Kier molecular flexibility index (Phi) is 5.27. The van der Waals surface area contributed by atoms with Gasteiger partial charge >= 0.3 is 6.09 Å². The molecule has 1 heterocycles. The van der Waals surface area contributed by atoms with Crippen LogP contribution in [-0.2, 0) is 16.0 Å². The summed E-state index contributed by atoms with van der Waals surface area (Å²) in [6.07, 6.45) is -0.459. The zero-order valence-electron chi connectivity index (χ0n) is 13.8. The number of hydrogen-bond acceptors (Lipinski definition) is 4. The average Bonchev–Trinajstić information content (AvgIpc) is 2.98. The number of carbonyl (C=O) groups excluding carboxylic acids is 2. The van der Waals surface area contributed by atoms with Gasteiger partial charge in [0.25, 0.3) is 0 Å². The SMILES string of the molecule is O=C1OC[C@@H](Cc2ccccc2)N1C(=O)[C@H](CO)c1ccc(F)cc1F. The van der Waals surface area contributed by atoms with Crippen LogP contribution in [0.1, 0.15) is 17.0 Å². The first kappa shape index (κ1) is 18.0. The van der Waals surface area contributed by atoms with Gasteiger partial charge in [-0.3, -0.25) is 4.79 Å². The molecule has 5 nitrogen and oxygen atoms in total. The lowest BCUT2D eigenvalue weighted by molar-refractivity contribution is -0.131. The van der Waals surface area contributed by atoms with E-state index in [1.807, 2.05) is 30.3 Å². The number of cyclic esters (lactones) is 1. The molecule has 0 spiro atoms. The van der Waals surface area contributed by atoms with E-state index >= 15 is 0 Å². The van der Waals surface area contributed by atoms with E-state index in [0.29, 0.717) is 12.5 Å². The number of rotatable bonds is 5. The van der Waals surface area contributed by atoms with Crippen molar-refractivity contribution in [3.05, 3.63) is 71.3 Å². The highest BCUT2D eigenvalue weighted by Crippen LogP contribution is 2.26. The topological polar surface area (TPSA) is 66.8 Å². The maximum atomic E-state index is 14.0. The average molecular weight is 361 g/mol. The van der Waals surface area contributed by atoms with Gasteiger partial charge in [-0.15, -0.1) is 0 Å². The van der Waals surface area contributed by atoms with Crippen LogP contribution < -0.4 is 0 Å². The number of amides is 2. The summed E-state index contributed by atoms with van der Waals surface area (Å²) in [7, 11) is 0. The van der Waals surface area contributed by atoms with Crippen LogP contribution in [0.3, 0.4) is 0 Å². The van der Waals surface area contributed by atoms with Crippen molar-refractivity contribution in [2.45, 2.75) is 18.4 Å². The first-order chi connectivity index (χ1) is 12.5. The second-order valence-corrected chi connectivity index (χ2v) is 6.03. The third-order valence-electron chi connectivity index (χ3n) is 4.33. The van der Waals surface area contributed by atoms with E-state index < -0.39 is 42.2 Å². The molecule has 1 fully saturated rings. The van der Waals surface area contributed by atoms with Crippen LogP contribution in [0.5, 0.6) is 0 Å². The van der Waals surface area contributed by atoms with Gasteiger partial charge < -0.3 is 9.84 Å². The molecule has 1 saturated heterocycles. The lowest BCUT2D eigenvalue weighted by Crippen LogP contribution is -2.43. The molecule has 1 aliphatic rings. The molecule has 0 unspecified atom stereocenters. The van der Waals surface area contributed by atoms with Crippen LogP contribution in [0.25, 0.3) is 0 Å². The number of ether oxygens (including phenoxy) is 1. The van der Waals surface area contributed by atoms with Crippen molar-refractivity contribution < 1.29 is 28.2 Å². The molecule has 0 saturated carbocycles. The van der Waals surface area contributed by atoms with Crippen molar-refractivity contribution >= 4 is 12.0 Å². The van der Waals surface area contributed by atoms with Gasteiger partial charge in [0.15, 0.2) is 0 Å². The molecule has 1 N–H and O–H groups in total. The van der Waals surface area contributed by atoms with Crippen LogP contribution in [0.4, 0.5) is 13.6 Å². The van der Waals surface area contributed by atoms with Gasteiger partial charge in [0.1, 0.15) is 18.2 Å². The monoisotopic (exact) mass is 361 g/mol. The Bertz CT molecular complexity index is 812. The highest BCUT2D eigenvalue weighted by molar-refractivity contribution is 5.97. The second kappa shape index (κ2) is 7.61. The minimum Gasteiger partial charge on any atom is -0.447 e. The predicted molar refractivity (Wildman–Crippen MR) is 88.3 cm³/mol. The second-order valence-electron chi connectivity index (χ2n) is 6.03. The van der Waals surface area contributed by atoms with Gasteiger partial charge in [-0.25, -0.2) is 18.5 Å². The van der Waals surface area contributed by atoms with Crippen LogP contribution in [-0.4, -0.2) is 41.3 Å². The van der Waals surface area contributed by atoms with Gasteiger partial charge in [-0.2, -0.15) is 0 Å². The Morgan fingerprint density at radius 1 is 1.23 bits per heavy atom. The minimum absolute atomic E-state index is 0.0174. The van der Waals surface area contributed by atoms with Crippen molar-refractivity contribution in [2.75, 3.05) is 13.2 Å².